The highest BCUT2D eigenvalue weighted by Crippen LogP contribution is 2.39. The number of amides is 1. The van der Waals surface area contributed by atoms with Crippen molar-refractivity contribution in [2.24, 2.45) is 5.73 Å². The van der Waals surface area contributed by atoms with Crippen molar-refractivity contribution in [1.82, 2.24) is 4.98 Å². The van der Waals surface area contributed by atoms with Crippen LogP contribution in [0.4, 0.5) is 0 Å². The number of halogens is 1. The SMILES string of the molecule is COP(c1cc(C)cc(C)c1)c1c(C(N)=O)[nH]c2ccc(Cl)cc12. The highest BCUT2D eigenvalue weighted by Gasteiger charge is 2.25. The van der Waals surface area contributed by atoms with Crippen LogP contribution in [0.1, 0.15) is 21.6 Å². The van der Waals surface area contributed by atoms with Crippen LogP contribution in [0.3, 0.4) is 0 Å². The molecule has 0 saturated heterocycles. The molecule has 0 bridgehead atoms. The zero-order valence-corrected chi connectivity index (χ0v) is 15.3. The summed E-state index contributed by atoms with van der Waals surface area (Å²) in [6.07, 6.45) is 0. The van der Waals surface area contributed by atoms with Crippen LogP contribution in [0.15, 0.2) is 36.4 Å². The Balaban J connectivity index is 2.30. The van der Waals surface area contributed by atoms with Crippen LogP contribution in [0, 0.1) is 13.8 Å². The van der Waals surface area contributed by atoms with Gasteiger partial charge in [0, 0.05) is 33.6 Å². The summed E-state index contributed by atoms with van der Waals surface area (Å²) in [5.74, 6) is -0.508. The van der Waals surface area contributed by atoms with Gasteiger partial charge >= 0.3 is 0 Å². The number of nitrogens with one attached hydrogen (secondary N) is 1. The molecular formula is C18H18ClN2O2P. The second-order valence-electron chi connectivity index (χ2n) is 5.73. The van der Waals surface area contributed by atoms with Crippen molar-refractivity contribution >= 4 is 47.2 Å². The molecule has 0 spiro atoms. The molecular weight excluding hydrogens is 343 g/mol. The fourth-order valence-corrected chi connectivity index (χ4v) is 5.17. The van der Waals surface area contributed by atoms with Crippen LogP contribution < -0.4 is 16.3 Å². The number of benzene rings is 2. The number of aryl methyl sites for hydroxylation is 2. The Morgan fingerprint density at radius 2 is 1.83 bits per heavy atom. The van der Waals surface area contributed by atoms with E-state index in [1.807, 2.05) is 26.0 Å². The van der Waals surface area contributed by atoms with E-state index in [0.717, 1.165) is 32.6 Å². The molecule has 3 N–H and O–H groups in total. The van der Waals surface area contributed by atoms with Crippen molar-refractivity contribution in [2.75, 3.05) is 7.11 Å². The molecule has 0 aliphatic heterocycles. The zero-order chi connectivity index (χ0) is 17.4. The summed E-state index contributed by atoms with van der Waals surface area (Å²) >= 11 is 6.16. The summed E-state index contributed by atoms with van der Waals surface area (Å²) in [7, 11) is 0.450. The average molecular weight is 361 g/mol. The number of primary amides is 1. The van der Waals surface area contributed by atoms with Gasteiger partial charge in [-0.2, -0.15) is 0 Å². The largest absolute Gasteiger partial charge is 0.364 e. The monoisotopic (exact) mass is 360 g/mol. The van der Waals surface area contributed by atoms with Crippen LogP contribution in [0.2, 0.25) is 5.02 Å². The lowest BCUT2D eigenvalue weighted by molar-refractivity contribution is 0.0997. The van der Waals surface area contributed by atoms with Crippen LogP contribution in [-0.4, -0.2) is 18.0 Å². The predicted molar refractivity (Wildman–Crippen MR) is 101 cm³/mol. The number of carbonyl (C=O) groups excluding carboxylic acids is 1. The molecule has 0 aliphatic carbocycles. The Hall–Kier alpha value is -1.87. The van der Waals surface area contributed by atoms with Gasteiger partial charge in [0.2, 0.25) is 0 Å². The molecule has 1 unspecified atom stereocenters. The number of rotatable bonds is 4. The minimum absolute atomic E-state index is 0.374. The maximum atomic E-state index is 12.0. The molecule has 6 heteroatoms. The summed E-state index contributed by atoms with van der Waals surface area (Å²) in [6, 6.07) is 11.7. The molecule has 3 aromatic rings. The van der Waals surface area contributed by atoms with E-state index in [2.05, 4.69) is 23.2 Å². The van der Waals surface area contributed by atoms with Gasteiger partial charge in [0.1, 0.15) is 5.69 Å². The maximum absolute atomic E-state index is 12.0. The first-order chi connectivity index (χ1) is 11.4. The topological polar surface area (TPSA) is 68.1 Å². The second kappa shape index (κ2) is 6.56. The summed E-state index contributed by atoms with van der Waals surface area (Å²) in [4.78, 5) is 15.1. The van der Waals surface area contributed by atoms with Crippen molar-refractivity contribution in [3.05, 3.63) is 58.2 Å². The first-order valence-corrected chi connectivity index (χ1v) is 9.08. The normalized spacial score (nSPS) is 12.5. The summed E-state index contributed by atoms with van der Waals surface area (Å²) < 4.78 is 5.82. The number of hydrogen-bond acceptors (Lipinski definition) is 2. The minimum atomic E-state index is -1.20. The van der Waals surface area contributed by atoms with Gasteiger partial charge in [0.05, 0.1) is 8.15 Å². The summed E-state index contributed by atoms with van der Waals surface area (Å²) in [5, 5.41) is 3.28. The highest BCUT2D eigenvalue weighted by molar-refractivity contribution is 7.69. The Labute approximate surface area is 146 Å². The van der Waals surface area contributed by atoms with Gasteiger partial charge in [0.25, 0.3) is 5.91 Å². The number of fused-ring (bicyclic) bond motifs is 1. The summed E-state index contributed by atoms with van der Waals surface area (Å²) in [5.41, 5.74) is 9.08. The third-order valence-electron chi connectivity index (χ3n) is 3.81. The molecule has 3 rings (SSSR count). The van der Waals surface area contributed by atoms with E-state index in [0.29, 0.717) is 10.7 Å². The van der Waals surface area contributed by atoms with E-state index in [1.54, 1.807) is 13.2 Å². The molecule has 24 heavy (non-hydrogen) atoms. The van der Waals surface area contributed by atoms with Gasteiger partial charge in [-0.05, 0) is 44.2 Å². The van der Waals surface area contributed by atoms with Crippen LogP contribution >= 0.6 is 19.7 Å². The van der Waals surface area contributed by atoms with Gasteiger partial charge < -0.3 is 15.2 Å². The highest BCUT2D eigenvalue weighted by atomic mass is 35.5. The molecule has 0 aliphatic rings. The lowest BCUT2D eigenvalue weighted by atomic mass is 10.2. The zero-order valence-electron chi connectivity index (χ0n) is 13.7. The van der Waals surface area contributed by atoms with Crippen molar-refractivity contribution in [3.8, 4) is 0 Å². The minimum Gasteiger partial charge on any atom is -0.364 e. The quantitative estimate of drug-likeness (QED) is 0.699. The van der Waals surface area contributed by atoms with Gasteiger partial charge in [-0.3, -0.25) is 4.79 Å². The molecule has 0 fully saturated rings. The van der Waals surface area contributed by atoms with E-state index in [4.69, 9.17) is 21.9 Å². The lowest BCUT2D eigenvalue weighted by Crippen LogP contribution is -2.23. The first-order valence-electron chi connectivity index (χ1n) is 7.44. The van der Waals surface area contributed by atoms with E-state index in [9.17, 15) is 4.79 Å². The number of nitrogens with two attached hydrogens (primary N) is 1. The van der Waals surface area contributed by atoms with Gasteiger partial charge in [-0.25, -0.2) is 0 Å². The Kier molecular flexibility index (Phi) is 4.64. The van der Waals surface area contributed by atoms with E-state index >= 15 is 0 Å². The van der Waals surface area contributed by atoms with Gasteiger partial charge in [-0.1, -0.05) is 28.8 Å². The van der Waals surface area contributed by atoms with Gasteiger partial charge in [-0.15, -0.1) is 0 Å². The first kappa shape index (κ1) is 17.0. The number of hydrogen-bond donors (Lipinski definition) is 2. The third kappa shape index (κ3) is 3.05. The van der Waals surface area contributed by atoms with Crippen LogP contribution in [-0.2, 0) is 4.52 Å². The fraction of sp³-hybridized carbons (Fsp3) is 0.167. The maximum Gasteiger partial charge on any atom is 0.265 e. The van der Waals surface area contributed by atoms with Crippen LogP contribution in [0.25, 0.3) is 10.9 Å². The van der Waals surface area contributed by atoms with Crippen molar-refractivity contribution < 1.29 is 9.32 Å². The molecule has 1 amide bonds. The van der Waals surface area contributed by atoms with E-state index in [-0.39, 0.29) is 0 Å². The van der Waals surface area contributed by atoms with Crippen molar-refractivity contribution in [3.63, 3.8) is 0 Å². The van der Waals surface area contributed by atoms with E-state index in [1.165, 1.54) is 0 Å². The molecule has 4 nitrogen and oxygen atoms in total. The van der Waals surface area contributed by atoms with Crippen molar-refractivity contribution in [2.45, 2.75) is 13.8 Å². The molecule has 124 valence electrons. The second-order valence-corrected chi connectivity index (χ2v) is 8.08. The summed E-state index contributed by atoms with van der Waals surface area (Å²) in [6.45, 7) is 4.08. The Morgan fingerprint density at radius 1 is 1.17 bits per heavy atom. The number of aromatic nitrogens is 1. The Morgan fingerprint density at radius 3 is 2.42 bits per heavy atom. The molecule has 1 aromatic heterocycles. The molecule has 1 heterocycles. The Bertz CT molecular complexity index is 916. The third-order valence-corrected chi connectivity index (χ3v) is 6.00. The molecule has 0 radical (unpaired) electrons. The molecule has 0 saturated carbocycles. The smallest absolute Gasteiger partial charge is 0.265 e. The van der Waals surface area contributed by atoms with E-state index < -0.39 is 14.1 Å². The standard InChI is InChI=1S/C18H18ClN2O2P/c1-10-6-11(2)8-13(7-10)24(23-3)17-14-9-12(19)4-5-15(14)21-16(17)18(20)22/h4-9,21H,1-3H3,(H2,20,22). The number of carbonyl (C=O) groups is 1. The van der Waals surface area contributed by atoms with Crippen LogP contribution in [0.5, 0.6) is 0 Å². The average Bonchev–Trinajstić information content (AvgIpc) is 2.86. The number of aromatic amines is 1. The molecule has 2 aromatic carbocycles. The lowest BCUT2D eigenvalue weighted by Gasteiger charge is -2.17. The number of H-pyrrole nitrogens is 1. The van der Waals surface area contributed by atoms with Gasteiger partial charge in [0.15, 0.2) is 0 Å². The predicted octanol–water partition coefficient (Wildman–Crippen LogP) is 3.53. The van der Waals surface area contributed by atoms with Crippen molar-refractivity contribution in [1.29, 1.82) is 0 Å². The fourth-order valence-electron chi connectivity index (χ4n) is 2.93. The molecule has 1 atom stereocenters.